The molecule has 0 radical (unpaired) electrons. The Hall–Kier alpha value is -2.87. The van der Waals surface area contributed by atoms with Crippen LogP contribution in [0.4, 0.5) is 4.79 Å². The van der Waals surface area contributed by atoms with Gasteiger partial charge in [0.05, 0.1) is 18.3 Å². The molecule has 0 aromatic heterocycles. The fourth-order valence-electron chi connectivity index (χ4n) is 3.29. The first-order valence-electron chi connectivity index (χ1n) is 10.2. The number of aliphatic hydroxyl groups is 1. The molecule has 1 N–H and O–H groups in total. The van der Waals surface area contributed by atoms with Crippen molar-refractivity contribution in [2.24, 2.45) is 0 Å². The van der Waals surface area contributed by atoms with Gasteiger partial charge in [0.2, 0.25) is 11.4 Å². The Bertz CT molecular complexity index is 870. The average molecular weight is 434 g/mol. The molecule has 8 heteroatoms. The van der Waals surface area contributed by atoms with Crippen molar-refractivity contribution in [1.29, 1.82) is 0 Å². The normalized spacial score (nSPS) is 19.6. The maximum absolute atomic E-state index is 13.3. The number of hydrogen-bond acceptors (Lipinski definition) is 7. The zero-order chi connectivity index (χ0) is 23.6. The molecular formula is C23H31NO7. The Morgan fingerprint density at radius 2 is 1.74 bits per heavy atom. The zero-order valence-corrected chi connectivity index (χ0v) is 19.1. The van der Waals surface area contributed by atoms with Crippen LogP contribution in [0.1, 0.15) is 47.1 Å². The van der Waals surface area contributed by atoms with E-state index in [0.717, 1.165) is 4.90 Å². The van der Waals surface area contributed by atoms with Gasteiger partial charge in [-0.25, -0.2) is 9.59 Å². The van der Waals surface area contributed by atoms with Gasteiger partial charge in [-0.3, -0.25) is 9.69 Å². The lowest BCUT2D eigenvalue weighted by Gasteiger charge is -2.46. The molecule has 0 unspecified atom stereocenters. The summed E-state index contributed by atoms with van der Waals surface area (Å²) in [7, 11) is 1.27. The zero-order valence-electron chi connectivity index (χ0n) is 19.1. The van der Waals surface area contributed by atoms with Crippen LogP contribution in [0.25, 0.3) is 5.57 Å². The second kappa shape index (κ2) is 9.09. The van der Waals surface area contributed by atoms with E-state index in [1.54, 1.807) is 71.9 Å². The Morgan fingerprint density at radius 3 is 2.23 bits per heavy atom. The van der Waals surface area contributed by atoms with Crippen LogP contribution < -0.4 is 0 Å². The quantitative estimate of drug-likeness (QED) is 0.660. The number of carbonyl (C=O) groups is 3. The number of hydrogen-bond donors (Lipinski definition) is 1. The lowest BCUT2D eigenvalue weighted by Crippen LogP contribution is -2.67. The SMILES string of the molecule is CCOC(=O)[C@@H](N(C)C(=O)OC(C)(C)C)[C@]1(O)C(=O)C(c2ccccc2)=C1OC(C)C. The predicted molar refractivity (Wildman–Crippen MR) is 114 cm³/mol. The summed E-state index contributed by atoms with van der Waals surface area (Å²) in [5.41, 5.74) is -2.56. The maximum atomic E-state index is 13.3. The summed E-state index contributed by atoms with van der Waals surface area (Å²) < 4.78 is 16.2. The van der Waals surface area contributed by atoms with Crippen molar-refractivity contribution in [1.82, 2.24) is 4.90 Å². The molecular weight excluding hydrogens is 402 g/mol. The smallest absolute Gasteiger partial charge is 0.410 e. The first kappa shape index (κ1) is 24.4. The molecule has 1 aromatic carbocycles. The second-order valence-electron chi connectivity index (χ2n) is 8.58. The van der Waals surface area contributed by atoms with Crippen LogP contribution >= 0.6 is 0 Å². The number of rotatable bonds is 7. The molecule has 170 valence electrons. The minimum absolute atomic E-state index is 0.00259. The van der Waals surface area contributed by atoms with Gasteiger partial charge in [0, 0.05) is 7.05 Å². The Balaban J connectivity index is 2.60. The van der Waals surface area contributed by atoms with Gasteiger partial charge in [-0.2, -0.15) is 0 Å². The van der Waals surface area contributed by atoms with Crippen LogP contribution in [0.3, 0.4) is 0 Å². The fraction of sp³-hybridized carbons (Fsp3) is 0.522. The van der Waals surface area contributed by atoms with E-state index < -0.39 is 41.2 Å². The maximum Gasteiger partial charge on any atom is 0.410 e. The van der Waals surface area contributed by atoms with E-state index in [1.807, 2.05) is 0 Å². The van der Waals surface area contributed by atoms with E-state index in [9.17, 15) is 19.5 Å². The molecule has 0 spiro atoms. The summed E-state index contributed by atoms with van der Waals surface area (Å²) in [5.74, 6) is -1.75. The second-order valence-corrected chi connectivity index (χ2v) is 8.58. The highest BCUT2D eigenvalue weighted by Gasteiger charge is 2.65. The van der Waals surface area contributed by atoms with E-state index in [-0.39, 0.29) is 17.9 Å². The number of amides is 1. The average Bonchev–Trinajstić information content (AvgIpc) is 2.67. The summed E-state index contributed by atoms with van der Waals surface area (Å²) in [4.78, 5) is 39.7. The molecule has 1 aromatic rings. The Kier molecular flexibility index (Phi) is 7.16. The van der Waals surface area contributed by atoms with Crippen LogP contribution in [0.15, 0.2) is 36.1 Å². The van der Waals surface area contributed by atoms with Gasteiger partial charge < -0.3 is 19.3 Å². The molecule has 0 saturated carbocycles. The van der Waals surface area contributed by atoms with E-state index >= 15 is 0 Å². The molecule has 8 nitrogen and oxygen atoms in total. The number of ether oxygens (including phenoxy) is 3. The first-order chi connectivity index (χ1) is 14.3. The van der Waals surface area contributed by atoms with Gasteiger partial charge in [0.15, 0.2) is 11.8 Å². The highest BCUT2D eigenvalue weighted by molar-refractivity contribution is 6.35. The topological polar surface area (TPSA) is 102 Å². The van der Waals surface area contributed by atoms with Crippen molar-refractivity contribution in [3.8, 4) is 0 Å². The monoisotopic (exact) mass is 433 g/mol. The van der Waals surface area contributed by atoms with Crippen molar-refractivity contribution in [3.05, 3.63) is 41.7 Å². The number of esters is 1. The third-order valence-corrected chi connectivity index (χ3v) is 4.54. The highest BCUT2D eigenvalue weighted by Crippen LogP contribution is 2.46. The molecule has 1 amide bonds. The number of benzene rings is 1. The molecule has 31 heavy (non-hydrogen) atoms. The minimum atomic E-state index is -2.41. The van der Waals surface area contributed by atoms with Crippen molar-refractivity contribution in [2.45, 2.75) is 64.9 Å². The molecule has 0 bridgehead atoms. The van der Waals surface area contributed by atoms with Crippen LogP contribution in [-0.4, -0.2) is 64.9 Å². The van der Waals surface area contributed by atoms with Gasteiger partial charge in [-0.1, -0.05) is 30.3 Å². The van der Waals surface area contributed by atoms with E-state index in [4.69, 9.17) is 14.2 Å². The summed E-state index contributed by atoms with van der Waals surface area (Å²) in [6.07, 6.45) is -1.29. The molecule has 2 rings (SSSR count). The first-order valence-corrected chi connectivity index (χ1v) is 10.2. The van der Waals surface area contributed by atoms with E-state index in [2.05, 4.69) is 0 Å². The third-order valence-electron chi connectivity index (χ3n) is 4.54. The molecule has 0 aliphatic heterocycles. The van der Waals surface area contributed by atoms with E-state index in [1.165, 1.54) is 7.05 Å². The number of ketones is 1. The van der Waals surface area contributed by atoms with Crippen LogP contribution in [0.5, 0.6) is 0 Å². The van der Waals surface area contributed by atoms with Gasteiger partial charge in [0.25, 0.3) is 0 Å². The molecule has 0 fully saturated rings. The number of carbonyl (C=O) groups excluding carboxylic acids is 3. The number of Topliss-reactive ketones (excluding diaryl/α,β-unsaturated/α-hetero) is 1. The third kappa shape index (κ3) is 4.90. The van der Waals surface area contributed by atoms with Crippen LogP contribution in [0, 0.1) is 0 Å². The van der Waals surface area contributed by atoms with Gasteiger partial charge in [0.1, 0.15) is 5.60 Å². The largest absolute Gasteiger partial charge is 0.491 e. The minimum Gasteiger partial charge on any atom is -0.491 e. The Labute approximate surface area is 182 Å². The van der Waals surface area contributed by atoms with Crippen molar-refractivity contribution < 1.29 is 33.7 Å². The molecule has 0 saturated heterocycles. The summed E-state index contributed by atoms with van der Waals surface area (Å²) in [6.45, 7) is 10.1. The molecule has 1 aliphatic carbocycles. The summed E-state index contributed by atoms with van der Waals surface area (Å²) in [6, 6.07) is 7.00. The number of nitrogens with zero attached hydrogens (tertiary/aromatic N) is 1. The summed E-state index contributed by atoms with van der Waals surface area (Å²) >= 11 is 0. The van der Waals surface area contributed by atoms with Crippen LogP contribution in [-0.2, 0) is 23.8 Å². The van der Waals surface area contributed by atoms with E-state index in [0.29, 0.717) is 5.56 Å². The Morgan fingerprint density at radius 1 is 1.16 bits per heavy atom. The predicted octanol–water partition coefficient (Wildman–Crippen LogP) is 2.94. The lowest BCUT2D eigenvalue weighted by atomic mass is 9.70. The van der Waals surface area contributed by atoms with Gasteiger partial charge in [-0.05, 0) is 47.1 Å². The van der Waals surface area contributed by atoms with Crippen LogP contribution in [0.2, 0.25) is 0 Å². The standard InChI is InChI=1S/C23H31NO7/c1-8-29-20(26)17(24(7)21(27)31-22(4,5)6)23(28)18(25)16(19(23)30-14(2)3)15-12-10-9-11-13-15/h9-14,17,28H,8H2,1-7H3/t17-,23+/m1/s1. The van der Waals surface area contributed by atoms with Crippen molar-refractivity contribution in [3.63, 3.8) is 0 Å². The molecule has 0 heterocycles. The van der Waals surface area contributed by atoms with Crippen molar-refractivity contribution in [2.75, 3.05) is 13.7 Å². The van der Waals surface area contributed by atoms with Crippen molar-refractivity contribution >= 4 is 23.4 Å². The highest BCUT2D eigenvalue weighted by atomic mass is 16.6. The van der Waals surface area contributed by atoms with Gasteiger partial charge >= 0.3 is 12.1 Å². The molecule has 2 atom stereocenters. The number of likely N-dealkylation sites (N-methyl/N-ethyl adjacent to an activating group) is 1. The van der Waals surface area contributed by atoms with Gasteiger partial charge in [-0.15, -0.1) is 0 Å². The molecule has 1 aliphatic rings. The summed E-state index contributed by atoms with van der Waals surface area (Å²) in [5, 5.41) is 11.5. The fourth-order valence-corrected chi connectivity index (χ4v) is 3.29. The lowest BCUT2D eigenvalue weighted by molar-refractivity contribution is -0.168.